The molecule has 80 heavy (non-hydrogen) atoms. The van der Waals surface area contributed by atoms with Crippen molar-refractivity contribution in [3.63, 3.8) is 0 Å². The van der Waals surface area contributed by atoms with Gasteiger partial charge in [0.25, 0.3) is 0 Å². The Bertz CT molecular complexity index is 1540. The minimum absolute atomic E-state index is 0.0503. The van der Waals surface area contributed by atoms with Gasteiger partial charge in [-0.25, -0.2) is 4.57 Å². The molecule has 0 aromatic heterocycles. The molecular weight excluding hydrogens is 1010 g/mol. The van der Waals surface area contributed by atoms with Crippen LogP contribution in [0.1, 0.15) is 328 Å². The summed E-state index contributed by atoms with van der Waals surface area (Å²) in [4.78, 5) is 35.3. The molecular formula is C70H128NO8P. The molecule has 0 fully saturated rings. The predicted octanol–water partition coefficient (Wildman–Crippen LogP) is 22.0. The van der Waals surface area contributed by atoms with E-state index in [0.29, 0.717) is 6.42 Å². The van der Waals surface area contributed by atoms with Crippen molar-refractivity contribution < 1.29 is 37.6 Å². The largest absolute Gasteiger partial charge is 0.472 e. The quantitative estimate of drug-likeness (QED) is 0.0264. The van der Waals surface area contributed by atoms with E-state index in [-0.39, 0.29) is 38.6 Å². The van der Waals surface area contributed by atoms with E-state index >= 15 is 0 Å². The van der Waals surface area contributed by atoms with Crippen molar-refractivity contribution >= 4 is 19.8 Å². The Morgan fingerprint density at radius 3 is 1.02 bits per heavy atom. The molecule has 9 nitrogen and oxygen atoms in total. The molecule has 0 heterocycles. The van der Waals surface area contributed by atoms with E-state index in [0.717, 1.165) is 83.5 Å². The van der Waals surface area contributed by atoms with Crippen LogP contribution >= 0.6 is 7.82 Å². The number of ether oxygens (including phenoxy) is 2. The van der Waals surface area contributed by atoms with Gasteiger partial charge < -0.3 is 20.1 Å². The van der Waals surface area contributed by atoms with Crippen LogP contribution in [0.3, 0.4) is 0 Å². The normalized spacial score (nSPS) is 13.4. The number of hydrogen-bond acceptors (Lipinski definition) is 8. The number of unbranched alkanes of at least 4 members (excludes halogenated alkanes) is 39. The van der Waals surface area contributed by atoms with Crippen LogP contribution in [-0.4, -0.2) is 49.3 Å². The van der Waals surface area contributed by atoms with Crippen LogP contribution in [-0.2, 0) is 32.7 Å². The van der Waals surface area contributed by atoms with E-state index < -0.39 is 26.5 Å². The molecule has 0 aromatic rings. The van der Waals surface area contributed by atoms with Crippen LogP contribution in [0.5, 0.6) is 0 Å². The number of hydrogen-bond donors (Lipinski definition) is 2. The first-order valence-corrected chi connectivity index (χ1v) is 35.4. The average Bonchev–Trinajstić information content (AvgIpc) is 3.45. The van der Waals surface area contributed by atoms with Gasteiger partial charge >= 0.3 is 19.8 Å². The third kappa shape index (κ3) is 64.6. The topological polar surface area (TPSA) is 134 Å². The first kappa shape index (κ1) is 77.5. The van der Waals surface area contributed by atoms with E-state index in [2.05, 4.69) is 86.8 Å². The second-order valence-electron chi connectivity index (χ2n) is 22.7. The van der Waals surface area contributed by atoms with E-state index in [1.54, 1.807) is 0 Å². The smallest absolute Gasteiger partial charge is 0.462 e. The summed E-state index contributed by atoms with van der Waals surface area (Å²) in [6.45, 7) is 3.67. The molecule has 0 saturated heterocycles. The van der Waals surface area contributed by atoms with Gasteiger partial charge in [-0.05, 0) is 64.2 Å². The maximum atomic E-state index is 12.7. The second kappa shape index (κ2) is 65.6. The van der Waals surface area contributed by atoms with E-state index in [1.165, 1.54) is 212 Å². The number of phosphoric ester groups is 1. The maximum Gasteiger partial charge on any atom is 0.472 e. The molecule has 0 amide bonds. The number of rotatable bonds is 64. The van der Waals surface area contributed by atoms with Gasteiger partial charge in [-0.2, -0.15) is 0 Å². The van der Waals surface area contributed by atoms with Crippen molar-refractivity contribution in [3.05, 3.63) is 72.9 Å². The minimum Gasteiger partial charge on any atom is -0.462 e. The highest BCUT2D eigenvalue weighted by Crippen LogP contribution is 2.43. The third-order valence-corrected chi connectivity index (χ3v) is 15.8. The number of nitrogens with two attached hydrogens (primary N) is 1. The Morgan fingerprint density at radius 2 is 0.688 bits per heavy atom. The predicted molar refractivity (Wildman–Crippen MR) is 344 cm³/mol. The van der Waals surface area contributed by atoms with Crippen molar-refractivity contribution in [2.45, 2.75) is 335 Å². The summed E-state index contributed by atoms with van der Waals surface area (Å²) >= 11 is 0. The van der Waals surface area contributed by atoms with Crippen molar-refractivity contribution in [1.82, 2.24) is 0 Å². The Balaban J connectivity index is 3.88. The molecule has 2 atom stereocenters. The van der Waals surface area contributed by atoms with Crippen LogP contribution in [0.4, 0.5) is 0 Å². The molecule has 466 valence electrons. The summed E-state index contributed by atoms with van der Waals surface area (Å²) < 4.78 is 33.1. The Labute approximate surface area is 494 Å². The molecule has 0 spiro atoms. The van der Waals surface area contributed by atoms with Crippen molar-refractivity contribution in [2.24, 2.45) is 5.73 Å². The molecule has 0 aliphatic carbocycles. The molecule has 0 aliphatic heterocycles. The SMILES string of the molecule is CC/C=C\C/C=C\C/C=C\C/C=C\C/C=C\C/C=C\CCCCCCCCCCC(=O)OC(COC(=O)CCCCCCCCCCCCCCCCCCCCCCCCCCCCCCCCCC)COP(=O)(O)OCCN. The summed E-state index contributed by atoms with van der Waals surface area (Å²) in [7, 11) is -4.40. The van der Waals surface area contributed by atoms with E-state index in [9.17, 15) is 19.0 Å². The van der Waals surface area contributed by atoms with E-state index in [1.807, 2.05) is 0 Å². The minimum atomic E-state index is -4.40. The van der Waals surface area contributed by atoms with Crippen LogP contribution in [0, 0.1) is 0 Å². The molecule has 0 radical (unpaired) electrons. The van der Waals surface area contributed by atoms with Gasteiger partial charge in [0.05, 0.1) is 13.2 Å². The number of allylic oxidation sites excluding steroid dienone is 12. The Morgan fingerprint density at radius 1 is 0.388 bits per heavy atom. The summed E-state index contributed by atoms with van der Waals surface area (Å²) in [5.41, 5.74) is 5.40. The summed E-state index contributed by atoms with van der Waals surface area (Å²) in [6.07, 6.45) is 85.7. The number of carbonyl (C=O) groups excluding carboxylic acids is 2. The molecule has 0 saturated carbocycles. The van der Waals surface area contributed by atoms with Gasteiger partial charge in [0.1, 0.15) is 6.61 Å². The van der Waals surface area contributed by atoms with Crippen molar-refractivity contribution in [1.29, 1.82) is 0 Å². The highest BCUT2D eigenvalue weighted by Gasteiger charge is 2.26. The summed E-state index contributed by atoms with van der Waals surface area (Å²) in [5.74, 6) is -0.826. The molecule has 10 heteroatoms. The summed E-state index contributed by atoms with van der Waals surface area (Å²) in [5, 5.41) is 0. The first-order chi connectivity index (χ1) is 39.3. The lowest BCUT2D eigenvalue weighted by molar-refractivity contribution is -0.161. The molecule has 0 aliphatic rings. The number of phosphoric acid groups is 1. The fourth-order valence-electron chi connectivity index (χ4n) is 9.88. The Kier molecular flexibility index (Phi) is 63.5. The zero-order chi connectivity index (χ0) is 58.0. The zero-order valence-corrected chi connectivity index (χ0v) is 53.2. The zero-order valence-electron chi connectivity index (χ0n) is 52.3. The van der Waals surface area contributed by atoms with Crippen molar-refractivity contribution in [3.8, 4) is 0 Å². The first-order valence-electron chi connectivity index (χ1n) is 33.9. The average molecular weight is 1140 g/mol. The van der Waals surface area contributed by atoms with Gasteiger partial charge in [-0.1, -0.05) is 324 Å². The van der Waals surface area contributed by atoms with Crippen LogP contribution in [0.15, 0.2) is 72.9 Å². The highest BCUT2D eigenvalue weighted by molar-refractivity contribution is 7.47. The molecule has 0 rings (SSSR count). The summed E-state index contributed by atoms with van der Waals surface area (Å²) in [6, 6.07) is 0. The monoisotopic (exact) mass is 1140 g/mol. The molecule has 2 unspecified atom stereocenters. The fraction of sp³-hybridized carbons (Fsp3) is 0.800. The lowest BCUT2D eigenvalue weighted by Crippen LogP contribution is -2.29. The number of esters is 2. The van der Waals surface area contributed by atoms with E-state index in [4.69, 9.17) is 24.3 Å². The van der Waals surface area contributed by atoms with Crippen molar-refractivity contribution in [2.75, 3.05) is 26.4 Å². The lowest BCUT2D eigenvalue weighted by Gasteiger charge is -2.19. The van der Waals surface area contributed by atoms with Crippen LogP contribution in [0.25, 0.3) is 0 Å². The van der Waals surface area contributed by atoms with Gasteiger partial charge in [0.15, 0.2) is 6.10 Å². The fourth-order valence-corrected chi connectivity index (χ4v) is 10.6. The van der Waals surface area contributed by atoms with Gasteiger partial charge in [0.2, 0.25) is 0 Å². The van der Waals surface area contributed by atoms with Gasteiger partial charge in [0, 0.05) is 19.4 Å². The molecule has 3 N–H and O–H groups in total. The van der Waals surface area contributed by atoms with Gasteiger partial charge in [-0.3, -0.25) is 18.6 Å². The molecule has 0 aromatic carbocycles. The standard InChI is InChI=1S/C70H128NO8P/c1-3-5-7-9-11-13-15-17-19-21-23-25-27-29-31-32-33-34-35-37-38-40-42-44-46-48-50-52-54-56-58-60-62-69(72)76-66-68(67-78-80(74,75)77-65-64-71)79-70(73)63-61-59-57-55-53-51-49-47-45-43-41-39-36-30-28-26-24-22-20-18-16-14-12-10-8-6-4-2/h6,8,12,14,18,20,24,26,30,36,41,43,68H,3-5,7,9-11,13,15-17,19,21-23,25,27-29,31-35,37-40,42,44-67,71H2,1-2H3,(H,74,75)/b8-6-,14-12-,20-18-,26-24-,36-30-,43-41-. The van der Waals surface area contributed by atoms with Gasteiger partial charge in [-0.15, -0.1) is 0 Å². The second-order valence-corrected chi connectivity index (χ2v) is 24.1. The maximum absolute atomic E-state index is 12.7. The highest BCUT2D eigenvalue weighted by atomic mass is 31.2. The lowest BCUT2D eigenvalue weighted by atomic mass is 10.0. The van der Waals surface area contributed by atoms with Crippen LogP contribution < -0.4 is 5.73 Å². The Hall–Kier alpha value is -2.55. The molecule has 0 bridgehead atoms. The van der Waals surface area contributed by atoms with Crippen LogP contribution in [0.2, 0.25) is 0 Å². The third-order valence-electron chi connectivity index (χ3n) is 14.9. The number of carbonyl (C=O) groups is 2.